The largest absolute Gasteiger partial charge is 0.466 e. The zero-order chi connectivity index (χ0) is 28.5. The fraction of sp³-hybridized carbons (Fsp3) is 0.375. The molecule has 0 aliphatic rings. The molecule has 4 rings (SSSR count). The lowest BCUT2D eigenvalue weighted by molar-refractivity contribution is -0.149. The van der Waals surface area contributed by atoms with E-state index in [0.29, 0.717) is 0 Å². The molecule has 4 aromatic rings. The lowest BCUT2D eigenvalue weighted by Gasteiger charge is -2.33. The van der Waals surface area contributed by atoms with E-state index in [9.17, 15) is 0 Å². The fourth-order valence-corrected chi connectivity index (χ4v) is 7.18. The minimum absolute atomic E-state index is 0.0707. The molecule has 40 heavy (non-hydrogen) atoms. The van der Waals surface area contributed by atoms with Gasteiger partial charge in [-0.1, -0.05) is 74.5 Å². The van der Waals surface area contributed by atoms with Gasteiger partial charge in [-0.05, 0) is 49.8 Å². The van der Waals surface area contributed by atoms with Crippen molar-refractivity contribution in [3.8, 4) is 11.5 Å². The van der Waals surface area contributed by atoms with E-state index < -0.39 is 8.07 Å². The first kappa shape index (κ1) is 30.2. The van der Waals surface area contributed by atoms with E-state index in [-0.39, 0.29) is 26.2 Å². The molecular formula is C32H40NO6P. The van der Waals surface area contributed by atoms with Crippen LogP contribution in [-0.2, 0) is 18.9 Å². The van der Waals surface area contributed by atoms with Crippen molar-refractivity contribution in [3.63, 3.8) is 0 Å². The van der Waals surface area contributed by atoms with Crippen LogP contribution >= 0.6 is 8.07 Å². The fourth-order valence-electron chi connectivity index (χ4n) is 4.55. The van der Waals surface area contributed by atoms with Crippen molar-refractivity contribution in [2.24, 2.45) is 0 Å². The third-order valence-electron chi connectivity index (χ3n) is 6.86. The molecule has 0 amide bonds. The van der Waals surface area contributed by atoms with Gasteiger partial charge < -0.3 is 28.4 Å². The van der Waals surface area contributed by atoms with Crippen LogP contribution in [0.25, 0.3) is 21.5 Å². The predicted octanol–water partition coefficient (Wildman–Crippen LogP) is 6.37. The lowest BCUT2D eigenvalue weighted by Crippen LogP contribution is -2.31. The van der Waals surface area contributed by atoms with Crippen LogP contribution in [0.5, 0.6) is 11.5 Å². The van der Waals surface area contributed by atoms with Crippen LogP contribution in [-0.4, -0.2) is 58.1 Å². The van der Waals surface area contributed by atoms with Crippen molar-refractivity contribution >= 4 is 40.2 Å². The van der Waals surface area contributed by atoms with Crippen molar-refractivity contribution < 1.29 is 28.4 Å². The Bertz CT molecular complexity index is 1280. The molecule has 214 valence electrons. The molecule has 0 bridgehead atoms. The van der Waals surface area contributed by atoms with Gasteiger partial charge >= 0.3 is 0 Å². The number of benzene rings is 4. The summed E-state index contributed by atoms with van der Waals surface area (Å²) < 4.78 is 37.4. The highest BCUT2D eigenvalue weighted by Gasteiger charge is 2.29. The first-order valence-corrected chi connectivity index (χ1v) is 14.9. The molecule has 0 saturated heterocycles. The van der Waals surface area contributed by atoms with E-state index in [1.165, 1.54) is 0 Å². The van der Waals surface area contributed by atoms with Crippen molar-refractivity contribution in [2.45, 2.75) is 40.3 Å². The number of fused-ring (bicyclic) bond motifs is 2. The second kappa shape index (κ2) is 14.7. The van der Waals surface area contributed by atoms with Gasteiger partial charge in [0.15, 0.2) is 26.2 Å². The van der Waals surface area contributed by atoms with Gasteiger partial charge in [-0.25, -0.2) is 0 Å². The Labute approximate surface area is 238 Å². The molecule has 0 radical (unpaired) electrons. The maximum Gasteiger partial charge on any atom is 0.192 e. The summed E-state index contributed by atoms with van der Waals surface area (Å²) in [5.74, 6) is 1.62. The van der Waals surface area contributed by atoms with Crippen molar-refractivity contribution in [2.75, 3.05) is 40.9 Å². The zero-order valence-electron chi connectivity index (χ0n) is 24.3. The van der Waals surface area contributed by atoms with E-state index in [2.05, 4.69) is 67.0 Å². The van der Waals surface area contributed by atoms with Gasteiger partial charge in [0.05, 0.1) is 0 Å². The van der Waals surface area contributed by atoms with Crippen LogP contribution in [0, 0.1) is 0 Å². The molecule has 0 aromatic heterocycles. The highest BCUT2D eigenvalue weighted by molar-refractivity contribution is 7.71. The predicted molar refractivity (Wildman–Crippen MR) is 163 cm³/mol. The second-order valence-corrected chi connectivity index (χ2v) is 11.3. The van der Waals surface area contributed by atoms with Gasteiger partial charge in [-0.3, -0.25) is 4.67 Å². The van der Waals surface area contributed by atoms with Crippen LogP contribution in [0.1, 0.15) is 27.7 Å². The Balaban J connectivity index is 1.89. The molecule has 0 aliphatic heterocycles. The third-order valence-corrected chi connectivity index (χ3v) is 9.61. The summed E-state index contributed by atoms with van der Waals surface area (Å²) in [4.78, 5) is 0. The quantitative estimate of drug-likeness (QED) is 0.123. The first-order valence-electron chi connectivity index (χ1n) is 13.6. The average molecular weight is 566 g/mol. The normalized spacial score (nSPS) is 14.0. The molecule has 0 fully saturated rings. The maximum atomic E-state index is 6.42. The van der Waals surface area contributed by atoms with Crippen molar-refractivity contribution in [1.82, 2.24) is 4.67 Å². The van der Waals surface area contributed by atoms with Crippen molar-refractivity contribution in [1.29, 1.82) is 0 Å². The average Bonchev–Trinajstić information content (AvgIpc) is 3.00. The van der Waals surface area contributed by atoms with Gasteiger partial charge in [0.1, 0.15) is 11.5 Å². The molecule has 0 spiro atoms. The SMILES string of the molecule is CCN(CC)P(c1ccc2ccccc2c1OCOC(C)OC)c1ccc2ccccc2c1OCOC(C)OC. The first-order chi connectivity index (χ1) is 19.5. The molecule has 0 aliphatic carbocycles. The van der Waals surface area contributed by atoms with Gasteiger partial charge in [-0.15, -0.1) is 0 Å². The monoisotopic (exact) mass is 565 g/mol. The summed E-state index contributed by atoms with van der Waals surface area (Å²) >= 11 is 0. The lowest BCUT2D eigenvalue weighted by atomic mass is 10.1. The van der Waals surface area contributed by atoms with Gasteiger partial charge in [0, 0.05) is 43.7 Å². The van der Waals surface area contributed by atoms with E-state index >= 15 is 0 Å². The molecule has 4 aromatic carbocycles. The minimum Gasteiger partial charge on any atom is -0.466 e. The number of rotatable bonds is 15. The summed E-state index contributed by atoms with van der Waals surface area (Å²) in [6, 6.07) is 25.3. The van der Waals surface area contributed by atoms with Crippen LogP contribution in [0.4, 0.5) is 0 Å². The van der Waals surface area contributed by atoms with E-state index in [4.69, 9.17) is 28.4 Å². The topological polar surface area (TPSA) is 58.6 Å². The van der Waals surface area contributed by atoms with Crippen LogP contribution in [0.15, 0.2) is 72.8 Å². The highest BCUT2D eigenvalue weighted by Crippen LogP contribution is 2.46. The van der Waals surface area contributed by atoms with E-state index in [0.717, 1.165) is 56.7 Å². The second-order valence-electron chi connectivity index (χ2n) is 9.18. The summed E-state index contributed by atoms with van der Waals surface area (Å²) in [6.45, 7) is 9.93. The van der Waals surface area contributed by atoms with Gasteiger partial charge in [-0.2, -0.15) is 0 Å². The Morgan fingerprint density at radius 3 is 1.45 bits per heavy atom. The van der Waals surface area contributed by atoms with Crippen LogP contribution in [0.2, 0.25) is 0 Å². The molecular weight excluding hydrogens is 525 g/mol. The molecule has 2 atom stereocenters. The molecule has 2 unspecified atom stereocenters. The Morgan fingerprint density at radius 1 is 0.625 bits per heavy atom. The highest BCUT2D eigenvalue weighted by atomic mass is 31.1. The van der Waals surface area contributed by atoms with Gasteiger partial charge in [0.2, 0.25) is 0 Å². The van der Waals surface area contributed by atoms with Crippen molar-refractivity contribution in [3.05, 3.63) is 72.8 Å². The number of methoxy groups -OCH3 is 2. The number of hydrogen-bond donors (Lipinski definition) is 0. The molecule has 7 nitrogen and oxygen atoms in total. The number of hydrogen-bond acceptors (Lipinski definition) is 7. The minimum atomic E-state index is -1.06. The van der Waals surface area contributed by atoms with Crippen LogP contribution < -0.4 is 20.1 Å². The molecule has 0 saturated carbocycles. The Hall–Kier alpha value is -2.77. The van der Waals surface area contributed by atoms with E-state index in [1.54, 1.807) is 14.2 Å². The Morgan fingerprint density at radius 2 is 1.05 bits per heavy atom. The number of ether oxygens (including phenoxy) is 6. The standard InChI is InChI=1S/C32H40NO6P/c1-7-33(8-2)40(29-19-17-25-13-9-11-15-27(25)31(29)38-21-36-23(3)34-5)30-20-18-26-14-10-12-16-28(26)32(30)39-22-37-24(4)35-6/h9-20,23-24H,7-8,21-22H2,1-6H3. The third kappa shape index (κ3) is 6.92. The molecule has 0 N–H and O–H groups in total. The molecule has 8 heteroatoms. The Kier molecular flexibility index (Phi) is 11.1. The molecule has 0 heterocycles. The summed E-state index contributed by atoms with van der Waals surface area (Å²) in [7, 11) is 2.17. The zero-order valence-corrected chi connectivity index (χ0v) is 25.1. The summed E-state index contributed by atoms with van der Waals surface area (Å²) in [5.41, 5.74) is 0. The maximum absolute atomic E-state index is 6.42. The summed E-state index contributed by atoms with van der Waals surface area (Å²) in [6.07, 6.45) is -0.754. The van der Waals surface area contributed by atoms with Gasteiger partial charge in [0.25, 0.3) is 0 Å². The smallest absolute Gasteiger partial charge is 0.192 e. The van der Waals surface area contributed by atoms with E-state index in [1.807, 2.05) is 38.1 Å². The van der Waals surface area contributed by atoms with Crippen LogP contribution in [0.3, 0.4) is 0 Å². The number of nitrogens with zero attached hydrogens (tertiary/aromatic N) is 1. The summed E-state index contributed by atoms with van der Waals surface area (Å²) in [5, 5.41) is 6.47.